The molecule has 0 fully saturated rings. The number of azide groups is 1. The van der Waals surface area contributed by atoms with Gasteiger partial charge >= 0.3 is 5.95 Å². The summed E-state index contributed by atoms with van der Waals surface area (Å²) in [6, 6.07) is 0. The number of aromatic nitrogens is 2. The molecule has 0 aliphatic carbocycles. The van der Waals surface area contributed by atoms with Gasteiger partial charge in [-0.25, -0.2) is 4.57 Å². The highest BCUT2D eigenvalue weighted by Crippen LogP contribution is 2.05. The summed E-state index contributed by atoms with van der Waals surface area (Å²) in [6.07, 6.45) is 8.86. The van der Waals surface area contributed by atoms with E-state index in [0.717, 1.165) is 6.42 Å². The van der Waals surface area contributed by atoms with Crippen molar-refractivity contribution >= 4 is 5.95 Å². The zero-order chi connectivity index (χ0) is 14.7. The van der Waals surface area contributed by atoms with E-state index in [9.17, 15) is 10.1 Å². The van der Waals surface area contributed by atoms with Crippen LogP contribution in [-0.2, 0) is 6.54 Å². The van der Waals surface area contributed by atoms with Crippen LogP contribution in [0.1, 0.15) is 20.3 Å². The van der Waals surface area contributed by atoms with E-state index in [0.29, 0.717) is 12.5 Å². The van der Waals surface area contributed by atoms with Gasteiger partial charge in [-0.05, 0) is 16.4 Å². The van der Waals surface area contributed by atoms with Crippen LogP contribution >= 0.6 is 0 Å². The second kappa shape index (κ2) is 9.50. The van der Waals surface area contributed by atoms with Gasteiger partial charge in [-0.1, -0.05) is 36.3 Å². The molecule has 0 amide bonds. The highest BCUT2D eigenvalue weighted by atomic mass is 16.6. The summed E-state index contributed by atoms with van der Waals surface area (Å²) >= 11 is 0. The topological polar surface area (TPSA) is 110 Å². The Kier molecular flexibility index (Phi) is 8.24. The Morgan fingerprint density at radius 2 is 2.47 bits per heavy atom. The summed E-state index contributed by atoms with van der Waals surface area (Å²) in [5.74, 6) is 2.60. The van der Waals surface area contributed by atoms with E-state index in [-0.39, 0.29) is 12.5 Å². The van der Waals surface area contributed by atoms with Crippen LogP contribution in [0.4, 0.5) is 5.95 Å². The number of nitrogens with zero attached hydrogens (tertiary/aromatic N) is 6. The fourth-order valence-corrected chi connectivity index (χ4v) is 1.00. The van der Waals surface area contributed by atoms with Gasteiger partial charge in [-0.15, -0.1) is 6.42 Å². The van der Waals surface area contributed by atoms with Gasteiger partial charge in [0, 0.05) is 11.5 Å². The smallest absolute Gasteiger partial charge is 0.390 e. The normalized spacial score (nSPS) is 10.4. The number of hydrogen-bond acceptors (Lipinski definition) is 4. The molecule has 8 nitrogen and oxygen atoms in total. The largest absolute Gasteiger partial charge is 0.435 e. The van der Waals surface area contributed by atoms with Crippen LogP contribution in [0, 0.1) is 28.4 Å². The first-order valence-corrected chi connectivity index (χ1v) is 5.66. The van der Waals surface area contributed by atoms with Crippen LogP contribution < -0.4 is 0 Å². The lowest BCUT2D eigenvalue weighted by Crippen LogP contribution is -2.01. The molecule has 1 unspecified atom stereocenters. The molecule has 0 aromatic carbocycles. The van der Waals surface area contributed by atoms with E-state index in [1.54, 1.807) is 0 Å². The summed E-state index contributed by atoms with van der Waals surface area (Å²) in [5, 5.41) is 13.6. The first-order chi connectivity index (χ1) is 9.06. The van der Waals surface area contributed by atoms with E-state index < -0.39 is 4.92 Å². The first-order valence-electron chi connectivity index (χ1n) is 5.66. The molecule has 1 aromatic rings. The average molecular weight is 264 g/mol. The summed E-state index contributed by atoms with van der Waals surface area (Å²) in [6.45, 7) is 4.95. The van der Waals surface area contributed by atoms with Gasteiger partial charge in [0.2, 0.25) is 0 Å². The Labute approximate surface area is 111 Å². The highest BCUT2D eigenvalue weighted by molar-refractivity contribution is 5.08. The predicted octanol–water partition coefficient (Wildman–Crippen LogP) is 2.77. The zero-order valence-corrected chi connectivity index (χ0v) is 10.9. The molecule has 1 aromatic heterocycles. The lowest BCUT2D eigenvalue weighted by molar-refractivity contribution is -0.396. The van der Waals surface area contributed by atoms with E-state index in [4.69, 9.17) is 12.0 Å². The summed E-state index contributed by atoms with van der Waals surface area (Å²) in [7, 11) is 0. The SMILES string of the molecule is C#CCn1ccnc1[N+](=O)[O-].CCC(C)CN=[N+]=[N-]. The van der Waals surface area contributed by atoms with E-state index in [1.165, 1.54) is 17.0 Å². The number of nitro groups is 1. The third kappa shape index (κ3) is 6.71. The van der Waals surface area contributed by atoms with E-state index >= 15 is 0 Å². The molecule has 0 saturated carbocycles. The van der Waals surface area contributed by atoms with Gasteiger partial charge in [-0.2, -0.15) is 0 Å². The Balaban J connectivity index is 0.000000362. The van der Waals surface area contributed by atoms with E-state index in [2.05, 4.69) is 34.8 Å². The van der Waals surface area contributed by atoms with Crippen molar-refractivity contribution in [1.29, 1.82) is 0 Å². The first kappa shape index (κ1) is 16.5. The number of terminal acetylenes is 1. The lowest BCUT2D eigenvalue weighted by Gasteiger charge is -1.99. The van der Waals surface area contributed by atoms with Crippen LogP contribution in [0.3, 0.4) is 0 Å². The minimum atomic E-state index is -0.572. The molecule has 1 rings (SSSR count). The monoisotopic (exact) mass is 264 g/mol. The third-order valence-electron chi connectivity index (χ3n) is 2.27. The molecular formula is C11H16N6O2. The fourth-order valence-electron chi connectivity index (χ4n) is 1.00. The van der Waals surface area contributed by atoms with Crippen LogP contribution in [0.5, 0.6) is 0 Å². The molecule has 0 aliphatic heterocycles. The number of hydrogen-bond donors (Lipinski definition) is 0. The molecule has 0 bridgehead atoms. The van der Waals surface area contributed by atoms with Crippen LogP contribution in [0.25, 0.3) is 10.4 Å². The van der Waals surface area contributed by atoms with Crippen molar-refractivity contribution < 1.29 is 4.92 Å². The van der Waals surface area contributed by atoms with Crippen molar-refractivity contribution in [1.82, 2.24) is 9.55 Å². The summed E-state index contributed by atoms with van der Waals surface area (Å²) in [5.41, 5.74) is 7.87. The van der Waals surface area contributed by atoms with Crippen molar-refractivity contribution in [3.63, 3.8) is 0 Å². The Bertz CT molecular complexity index is 484. The summed E-state index contributed by atoms with van der Waals surface area (Å²) in [4.78, 5) is 15.8. The molecule has 1 atom stereocenters. The molecule has 0 aliphatic rings. The maximum Gasteiger partial charge on any atom is 0.435 e. The minimum absolute atomic E-state index is 0.177. The van der Waals surface area contributed by atoms with Crippen LogP contribution in [0.15, 0.2) is 17.5 Å². The van der Waals surface area contributed by atoms with Crippen LogP contribution in [0.2, 0.25) is 0 Å². The van der Waals surface area contributed by atoms with Gasteiger partial charge < -0.3 is 10.1 Å². The minimum Gasteiger partial charge on any atom is -0.390 e. The second-order valence-corrected chi connectivity index (χ2v) is 3.74. The number of rotatable bonds is 5. The lowest BCUT2D eigenvalue weighted by atomic mass is 10.1. The Morgan fingerprint density at radius 1 is 1.79 bits per heavy atom. The van der Waals surface area contributed by atoms with Gasteiger partial charge in [0.25, 0.3) is 0 Å². The molecule has 1 heterocycles. The van der Waals surface area contributed by atoms with Crippen molar-refractivity contribution in [2.45, 2.75) is 26.8 Å². The Morgan fingerprint density at radius 3 is 2.95 bits per heavy atom. The maximum absolute atomic E-state index is 10.2. The molecule has 0 saturated heterocycles. The van der Waals surface area contributed by atoms with Gasteiger partial charge in [0.15, 0.2) is 0 Å². The van der Waals surface area contributed by atoms with Crippen molar-refractivity contribution in [3.8, 4) is 12.3 Å². The van der Waals surface area contributed by atoms with E-state index in [1.807, 2.05) is 0 Å². The third-order valence-corrected chi connectivity index (χ3v) is 2.27. The van der Waals surface area contributed by atoms with Gasteiger partial charge in [0.05, 0.1) is 0 Å². The van der Waals surface area contributed by atoms with Crippen LogP contribution in [-0.4, -0.2) is 21.0 Å². The Hall–Kier alpha value is -2.52. The molecular weight excluding hydrogens is 248 g/mol. The average Bonchev–Trinajstić information content (AvgIpc) is 2.85. The molecule has 0 radical (unpaired) electrons. The van der Waals surface area contributed by atoms with Crippen molar-refractivity contribution in [2.24, 2.45) is 11.0 Å². The highest BCUT2D eigenvalue weighted by Gasteiger charge is 2.11. The molecule has 0 N–H and O–H groups in total. The molecule has 19 heavy (non-hydrogen) atoms. The van der Waals surface area contributed by atoms with Crippen molar-refractivity contribution in [3.05, 3.63) is 33.0 Å². The second-order valence-electron chi connectivity index (χ2n) is 3.74. The number of imidazole rings is 1. The zero-order valence-electron chi connectivity index (χ0n) is 10.9. The fraction of sp³-hybridized carbons (Fsp3) is 0.545. The van der Waals surface area contributed by atoms with Gasteiger partial charge in [-0.3, -0.25) is 0 Å². The van der Waals surface area contributed by atoms with Gasteiger partial charge in [0.1, 0.15) is 18.9 Å². The quantitative estimate of drug-likeness (QED) is 0.203. The standard InChI is InChI=1S/C6H5N3O2.C5H11N3/c1-2-4-8-5-3-7-6(8)9(10)11;1-3-5(2)4-7-8-6/h1,3,5H,4H2;5H,3-4H2,1-2H3. The summed E-state index contributed by atoms with van der Waals surface area (Å²) < 4.78 is 1.29. The molecule has 8 heteroatoms. The predicted molar refractivity (Wildman–Crippen MR) is 71.2 cm³/mol. The molecule has 0 spiro atoms. The maximum atomic E-state index is 10.2. The molecule has 102 valence electrons. The van der Waals surface area contributed by atoms with Crippen molar-refractivity contribution in [2.75, 3.05) is 6.54 Å².